The van der Waals surface area contributed by atoms with Crippen LogP contribution in [0.15, 0.2) is 48.8 Å². The van der Waals surface area contributed by atoms with Gasteiger partial charge < -0.3 is 19.9 Å². The van der Waals surface area contributed by atoms with Crippen LogP contribution in [-0.4, -0.2) is 65.2 Å². The number of nitrogens with zero attached hydrogens (tertiary/aromatic N) is 4. The van der Waals surface area contributed by atoms with E-state index in [0.717, 1.165) is 40.0 Å². The number of carbonyl (C=O) groups excluding carboxylic acids is 2. The number of fused-ring (bicyclic) bond motifs is 1. The molecule has 2 fully saturated rings. The Labute approximate surface area is 224 Å². The summed E-state index contributed by atoms with van der Waals surface area (Å²) in [4.78, 5) is 36.0. The smallest absolute Gasteiger partial charge is 0.413 e. The molecule has 0 bridgehead atoms. The van der Waals surface area contributed by atoms with Crippen molar-refractivity contribution >= 4 is 34.4 Å². The lowest BCUT2D eigenvalue weighted by Crippen LogP contribution is -2.46. The summed E-state index contributed by atoms with van der Waals surface area (Å²) >= 11 is 0. The molecule has 2 amide bonds. The van der Waals surface area contributed by atoms with Gasteiger partial charge in [-0.2, -0.15) is 13.2 Å². The second kappa shape index (κ2) is 10.7. The molecule has 1 aliphatic heterocycles. The van der Waals surface area contributed by atoms with E-state index in [1.54, 1.807) is 24.5 Å². The van der Waals surface area contributed by atoms with Crippen LogP contribution in [0.4, 0.5) is 29.3 Å². The average Bonchev–Trinajstić information content (AvgIpc) is 3.77. The van der Waals surface area contributed by atoms with Crippen LogP contribution in [0.2, 0.25) is 0 Å². The fourth-order valence-electron chi connectivity index (χ4n) is 5.31. The number of ether oxygens (including phenoxy) is 1. The van der Waals surface area contributed by atoms with Gasteiger partial charge in [0.15, 0.2) is 6.04 Å². The number of aromatic nitrogens is 2. The number of rotatable bonds is 6. The van der Waals surface area contributed by atoms with E-state index in [9.17, 15) is 22.8 Å². The largest absolute Gasteiger partial charge is 0.453 e. The molecule has 3 aromatic rings. The second-order valence-electron chi connectivity index (χ2n) is 10.1. The maximum absolute atomic E-state index is 14.2. The van der Waals surface area contributed by atoms with Crippen LogP contribution in [0.25, 0.3) is 11.0 Å². The van der Waals surface area contributed by atoms with Crippen molar-refractivity contribution in [2.75, 3.05) is 32.6 Å². The zero-order valence-electron chi connectivity index (χ0n) is 21.7. The lowest BCUT2D eigenvalue weighted by Gasteiger charge is -2.36. The van der Waals surface area contributed by atoms with Crippen molar-refractivity contribution in [3.63, 3.8) is 0 Å². The van der Waals surface area contributed by atoms with Crippen LogP contribution in [0.1, 0.15) is 48.8 Å². The topological polar surface area (TPSA) is 87.7 Å². The van der Waals surface area contributed by atoms with Crippen LogP contribution in [-0.2, 0) is 9.53 Å². The number of hydrogen-bond acceptors (Lipinski definition) is 6. The molecule has 2 aromatic heterocycles. The lowest BCUT2D eigenvalue weighted by atomic mass is 9.94. The summed E-state index contributed by atoms with van der Waals surface area (Å²) in [5, 5.41) is 3.31. The van der Waals surface area contributed by atoms with Crippen molar-refractivity contribution < 1.29 is 27.5 Å². The number of likely N-dealkylation sites (tertiary alicyclic amines) is 1. The summed E-state index contributed by atoms with van der Waals surface area (Å²) in [5.41, 5.74) is 4.07. The number of hydrogen-bond donors (Lipinski definition) is 1. The van der Waals surface area contributed by atoms with Gasteiger partial charge in [0.05, 0.1) is 30.0 Å². The first kappa shape index (κ1) is 26.7. The molecule has 1 aliphatic carbocycles. The second-order valence-corrected chi connectivity index (χ2v) is 10.1. The first-order valence-corrected chi connectivity index (χ1v) is 12.9. The molecule has 3 heterocycles. The van der Waals surface area contributed by atoms with Crippen molar-refractivity contribution in [3.05, 3.63) is 59.9 Å². The molecule has 39 heavy (non-hydrogen) atoms. The number of piperidine rings is 1. The Balaban J connectivity index is 1.33. The van der Waals surface area contributed by atoms with E-state index in [1.165, 1.54) is 31.2 Å². The fourth-order valence-corrected chi connectivity index (χ4v) is 5.31. The third-order valence-electron chi connectivity index (χ3n) is 7.48. The van der Waals surface area contributed by atoms with Gasteiger partial charge >= 0.3 is 12.3 Å². The Morgan fingerprint density at radius 2 is 1.77 bits per heavy atom. The van der Waals surface area contributed by atoms with Crippen molar-refractivity contribution in [3.8, 4) is 0 Å². The zero-order chi connectivity index (χ0) is 27.7. The summed E-state index contributed by atoms with van der Waals surface area (Å²) in [6.07, 6.45) is 0.966. The van der Waals surface area contributed by atoms with E-state index in [0.29, 0.717) is 11.6 Å². The van der Waals surface area contributed by atoms with Gasteiger partial charge in [-0.25, -0.2) is 4.79 Å². The number of amides is 2. The first-order valence-electron chi connectivity index (χ1n) is 12.9. The summed E-state index contributed by atoms with van der Waals surface area (Å²) in [6, 6.07) is 7.61. The normalized spacial score (nSPS) is 17.1. The molecule has 2 aliphatic rings. The Morgan fingerprint density at radius 1 is 1.08 bits per heavy atom. The van der Waals surface area contributed by atoms with Crippen LogP contribution in [0, 0.1) is 5.92 Å². The Bertz CT molecular complexity index is 1350. The van der Waals surface area contributed by atoms with Gasteiger partial charge in [0.1, 0.15) is 0 Å². The third kappa shape index (κ3) is 5.62. The maximum atomic E-state index is 14.2. The Kier molecular flexibility index (Phi) is 7.33. The van der Waals surface area contributed by atoms with Crippen LogP contribution in [0.3, 0.4) is 0 Å². The molecule has 206 valence electrons. The molecule has 0 spiro atoms. The number of carbonyl (C=O) groups is 2. The summed E-state index contributed by atoms with van der Waals surface area (Å²) in [7, 11) is 2.46. The lowest BCUT2D eigenvalue weighted by molar-refractivity contribution is -0.191. The highest BCUT2D eigenvalue weighted by molar-refractivity contribution is 5.85. The highest BCUT2D eigenvalue weighted by atomic mass is 19.4. The highest BCUT2D eigenvalue weighted by Crippen LogP contribution is 2.46. The van der Waals surface area contributed by atoms with Crippen molar-refractivity contribution in [1.82, 2.24) is 19.8 Å². The third-order valence-corrected chi connectivity index (χ3v) is 7.48. The summed E-state index contributed by atoms with van der Waals surface area (Å²) < 4.78 is 47.4. The molecule has 5 rings (SSSR count). The van der Waals surface area contributed by atoms with Gasteiger partial charge in [0.2, 0.25) is 5.91 Å². The van der Waals surface area contributed by atoms with Gasteiger partial charge in [-0.3, -0.25) is 14.8 Å². The van der Waals surface area contributed by atoms with E-state index < -0.39 is 30.1 Å². The molecule has 8 nitrogen and oxygen atoms in total. The predicted molar refractivity (Wildman–Crippen MR) is 140 cm³/mol. The van der Waals surface area contributed by atoms with Gasteiger partial charge in [0.25, 0.3) is 0 Å². The Hall–Kier alpha value is -3.89. The van der Waals surface area contributed by atoms with E-state index in [-0.39, 0.29) is 31.5 Å². The molecular formula is C28H30F3N5O3. The highest BCUT2D eigenvalue weighted by Gasteiger charge is 2.46. The van der Waals surface area contributed by atoms with E-state index in [4.69, 9.17) is 4.74 Å². The molecule has 0 radical (unpaired) electrons. The van der Waals surface area contributed by atoms with Crippen LogP contribution in [0.5, 0.6) is 0 Å². The number of halogens is 3. The first-order chi connectivity index (χ1) is 18.7. The van der Waals surface area contributed by atoms with Crippen LogP contribution >= 0.6 is 0 Å². The van der Waals surface area contributed by atoms with Gasteiger partial charge in [-0.15, -0.1) is 0 Å². The minimum atomic E-state index is -4.67. The van der Waals surface area contributed by atoms with Crippen molar-refractivity contribution in [1.29, 1.82) is 0 Å². The molecule has 1 saturated carbocycles. The summed E-state index contributed by atoms with van der Waals surface area (Å²) in [6.45, 7) is 0.520. The number of nitrogens with one attached hydrogen (secondary N) is 1. The van der Waals surface area contributed by atoms with Gasteiger partial charge in [-0.1, -0.05) is 12.1 Å². The predicted octanol–water partition coefficient (Wildman–Crippen LogP) is 5.79. The Morgan fingerprint density at radius 3 is 2.38 bits per heavy atom. The summed E-state index contributed by atoms with van der Waals surface area (Å²) in [5.74, 6) is -0.814. The number of alkyl halides is 3. The fraction of sp³-hybridized carbons (Fsp3) is 0.429. The van der Waals surface area contributed by atoms with Crippen molar-refractivity contribution in [2.24, 2.45) is 5.92 Å². The SMILES string of the molecule is COC(=O)N1CCC(C(=O)N(C)[C@@H](c2ccc(Nc3cnc4cccnc4c3C3CC3)cc2)C(F)(F)F)CC1. The number of pyridine rings is 2. The number of methoxy groups -OCH3 is 1. The van der Waals surface area contributed by atoms with E-state index >= 15 is 0 Å². The van der Waals surface area contributed by atoms with E-state index in [2.05, 4.69) is 15.3 Å². The standard InChI is InChI=1S/C28H30F3N5O3/c1-35(26(37)19-11-14-36(15-12-19)27(38)39-2)25(28(29,30)31)18-7-9-20(10-8-18)34-22-16-33-21-4-3-13-32-24(21)23(22)17-5-6-17/h3-4,7-10,13,16-17,19,25,34H,5-6,11-12,14-15H2,1-2H3/t25-/m0/s1. The molecular weight excluding hydrogens is 511 g/mol. The molecule has 1 aromatic carbocycles. The van der Waals surface area contributed by atoms with E-state index in [1.807, 2.05) is 12.1 Å². The minimum Gasteiger partial charge on any atom is -0.453 e. The molecule has 0 unspecified atom stereocenters. The van der Waals surface area contributed by atoms with Gasteiger partial charge in [-0.05, 0) is 61.4 Å². The molecule has 1 saturated heterocycles. The number of anilines is 2. The molecule has 1 N–H and O–H groups in total. The molecule has 1 atom stereocenters. The van der Waals surface area contributed by atoms with Crippen LogP contribution < -0.4 is 5.32 Å². The average molecular weight is 542 g/mol. The van der Waals surface area contributed by atoms with Gasteiger partial charge in [0, 0.05) is 43.5 Å². The number of benzene rings is 1. The van der Waals surface area contributed by atoms with Crippen molar-refractivity contribution in [2.45, 2.75) is 43.8 Å². The zero-order valence-corrected chi connectivity index (χ0v) is 21.7. The quantitative estimate of drug-likeness (QED) is 0.425. The maximum Gasteiger partial charge on any atom is 0.413 e. The molecule has 11 heteroatoms. The monoisotopic (exact) mass is 541 g/mol. The minimum absolute atomic E-state index is 0.0309.